The van der Waals surface area contributed by atoms with E-state index in [9.17, 15) is 14.0 Å². The summed E-state index contributed by atoms with van der Waals surface area (Å²) in [7, 11) is 0. The number of piperidine rings is 1. The number of carbonyl (C=O) groups excluding carboxylic acids is 2. The predicted octanol–water partition coefficient (Wildman–Crippen LogP) is 3.06. The van der Waals surface area contributed by atoms with Crippen LogP contribution < -0.4 is 10.6 Å². The summed E-state index contributed by atoms with van der Waals surface area (Å²) in [5, 5.41) is 5.48. The average molecular weight is 380 g/mol. The number of alkyl carbamates (subject to hydrolysis) is 1. The number of pyridine rings is 1. The molecule has 1 saturated heterocycles. The molecule has 1 atom stereocenters. The first-order valence-electron chi connectivity index (χ1n) is 9.33. The number of halogens is 1. The minimum Gasteiger partial charge on any atom is -0.444 e. The van der Waals surface area contributed by atoms with Crippen LogP contribution in [0.15, 0.2) is 18.3 Å². The Morgan fingerprint density at radius 3 is 2.85 bits per heavy atom. The van der Waals surface area contributed by atoms with Crippen LogP contribution in [0.4, 0.5) is 14.0 Å². The molecule has 3 amide bonds. The first kappa shape index (κ1) is 20.9. The summed E-state index contributed by atoms with van der Waals surface area (Å²) in [6.07, 6.45) is 3.76. The second-order valence-corrected chi connectivity index (χ2v) is 7.76. The smallest absolute Gasteiger partial charge is 0.407 e. The molecule has 1 aliphatic rings. The SMILES string of the molecule is CC(C)(C)OC(=O)NCCC1CCCN(C(=O)NCc2ncccc2F)C1. The van der Waals surface area contributed by atoms with Gasteiger partial charge in [0.05, 0.1) is 12.2 Å². The van der Waals surface area contributed by atoms with Gasteiger partial charge in [-0.3, -0.25) is 4.98 Å². The van der Waals surface area contributed by atoms with Gasteiger partial charge in [0.1, 0.15) is 11.4 Å². The number of ether oxygens (including phenoxy) is 1. The third-order valence-corrected chi connectivity index (χ3v) is 4.27. The Balaban J connectivity index is 1.72. The lowest BCUT2D eigenvalue weighted by Crippen LogP contribution is -2.46. The van der Waals surface area contributed by atoms with Crippen LogP contribution in [0.5, 0.6) is 0 Å². The molecule has 1 aromatic rings. The van der Waals surface area contributed by atoms with E-state index < -0.39 is 17.5 Å². The molecule has 0 radical (unpaired) electrons. The highest BCUT2D eigenvalue weighted by atomic mass is 19.1. The van der Waals surface area contributed by atoms with Gasteiger partial charge in [0, 0.05) is 25.8 Å². The van der Waals surface area contributed by atoms with Crippen molar-refractivity contribution >= 4 is 12.1 Å². The maximum absolute atomic E-state index is 13.6. The Morgan fingerprint density at radius 1 is 1.37 bits per heavy atom. The van der Waals surface area contributed by atoms with Crippen LogP contribution in [0.25, 0.3) is 0 Å². The Morgan fingerprint density at radius 2 is 2.15 bits per heavy atom. The van der Waals surface area contributed by atoms with E-state index in [0.29, 0.717) is 25.6 Å². The van der Waals surface area contributed by atoms with E-state index in [1.54, 1.807) is 4.90 Å². The topological polar surface area (TPSA) is 83.6 Å². The van der Waals surface area contributed by atoms with Crippen LogP contribution in [0.1, 0.15) is 45.7 Å². The molecule has 150 valence electrons. The van der Waals surface area contributed by atoms with Crippen LogP contribution in [0, 0.1) is 11.7 Å². The molecule has 1 unspecified atom stereocenters. The molecule has 0 aromatic carbocycles. The van der Waals surface area contributed by atoms with Gasteiger partial charge in [-0.15, -0.1) is 0 Å². The summed E-state index contributed by atoms with van der Waals surface area (Å²) in [4.78, 5) is 29.7. The zero-order valence-electron chi connectivity index (χ0n) is 16.3. The minimum atomic E-state index is -0.517. The Bertz CT molecular complexity index is 648. The van der Waals surface area contributed by atoms with Crippen molar-refractivity contribution in [2.24, 2.45) is 5.92 Å². The molecule has 0 spiro atoms. The molecule has 1 aromatic heterocycles. The lowest BCUT2D eigenvalue weighted by molar-refractivity contribution is 0.0522. The van der Waals surface area contributed by atoms with Crippen LogP contribution in [0.3, 0.4) is 0 Å². The number of nitrogens with one attached hydrogen (secondary N) is 2. The van der Waals surface area contributed by atoms with Gasteiger partial charge in [-0.2, -0.15) is 0 Å². The number of hydrogen-bond donors (Lipinski definition) is 2. The fourth-order valence-corrected chi connectivity index (χ4v) is 3.00. The number of hydrogen-bond acceptors (Lipinski definition) is 4. The molecule has 27 heavy (non-hydrogen) atoms. The highest BCUT2D eigenvalue weighted by Crippen LogP contribution is 2.19. The van der Waals surface area contributed by atoms with Crippen LogP contribution in [0.2, 0.25) is 0 Å². The molecule has 1 fully saturated rings. The van der Waals surface area contributed by atoms with Gasteiger partial charge >= 0.3 is 12.1 Å². The third-order valence-electron chi connectivity index (χ3n) is 4.27. The third kappa shape index (κ3) is 7.40. The van der Waals surface area contributed by atoms with Gasteiger partial charge < -0.3 is 20.3 Å². The van der Waals surface area contributed by atoms with Crippen LogP contribution >= 0.6 is 0 Å². The first-order valence-corrected chi connectivity index (χ1v) is 9.33. The number of aromatic nitrogens is 1. The molecular weight excluding hydrogens is 351 g/mol. The van der Waals surface area contributed by atoms with E-state index in [1.165, 1.54) is 18.3 Å². The predicted molar refractivity (Wildman–Crippen MR) is 99.6 cm³/mol. The van der Waals surface area contributed by atoms with Gasteiger partial charge in [-0.1, -0.05) is 0 Å². The Kier molecular flexibility index (Phi) is 7.38. The minimum absolute atomic E-state index is 0.0624. The number of amides is 3. The lowest BCUT2D eigenvalue weighted by atomic mass is 9.95. The zero-order valence-corrected chi connectivity index (χ0v) is 16.3. The normalized spacial score (nSPS) is 17.3. The number of likely N-dealkylation sites (tertiary alicyclic amines) is 1. The van der Waals surface area contributed by atoms with Crippen molar-refractivity contribution in [3.63, 3.8) is 0 Å². The van der Waals surface area contributed by atoms with E-state index >= 15 is 0 Å². The molecule has 0 saturated carbocycles. The molecule has 1 aliphatic heterocycles. The maximum Gasteiger partial charge on any atom is 0.407 e. The molecule has 2 rings (SSSR count). The van der Waals surface area contributed by atoms with Crippen molar-refractivity contribution < 1.29 is 18.7 Å². The van der Waals surface area contributed by atoms with Gasteiger partial charge in [-0.25, -0.2) is 14.0 Å². The number of rotatable bonds is 5. The summed E-state index contributed by atoms with van der Waals surface area (Å²) in [6.45, 7) is 7.32. The molecule has 8 heteroatoms. The van der Waals surface area contributed by atoms with Crippen molar-refractivity contribution in [2.75, 3.05) is 19.6 Å². The molecule has 0 bridgehead atoms. The highest BCUT2D eigenvalue weighted by molar-refractivity contribution is 5.74. The second kappa shape index (κ2) is 9.53. The average Bonchev–Trinajstić information content (AvgIpc) is 2.59. The summed E-state index contributed by atoms with van der Waals surface area (Å²) in [5.41, 5.74) is -0.294. The number of carbonyl (C=O) groups is 2. The molecule has 2 N–H and O–H groups in total. The lowest BCUT2D eigenvalue weighted by Gasteiger charge is -2.33. The summed E-state index contributed by atoms with van der Waals surface area (Å²) in [5.74, 6) is -0.117. The van der Waals surface area contributed by atoms with Gasteiger partial charge in [0.25, 0.3) is 0 Å². The fraction of sp³-hybridized carbons (Fsp3) is 0.632. The van der Waals surface area contributed by atoms with Crippen molar-refractivity contribution in [3.8, 4) is 0 Å². The molecular formula is C19H29FN4O3. The quantitative estimate of drug-likeness (QED) is 0.822. The molecule has 2 heterocycles. The van der Waals surface area contributed by atoms with Crippen LogP contribution in [-0.2, 0) is 11.3 Å². The van der Waals surface area contributed by atoms with Gasteiger partial charge in [-0.05, 0) is 58.1 Å². The summed E-state index contributed by atoms with van der Waals surface area (Å²) >= 11 is 0. The highest BCUT2D eigenvalue weighted by Gasteiger charge is 2.24. The Labute approximate surface area is 159 Å². The van der Waals surface area contributed by atoms with Crippen molar-refractivity contribution in [1.29, 1.82) is 0 Å². The van der Waals surface area contributed by atoms with E-state index in [2.05, 4.69) is 15.6 Å². The number of nitrogens with zero attached hydrogens (tertiary/aromatic N) is 2. The van der Waals surface area contributed by atoms with Crippen molar-refractivity contribution in [2.45, 2.75) is 52.2 Å². The van der Waals surface area contributed by atoms with Gasteiger partial charge in [0.2, 0.25) is 0 Å². The molecule has 0 aliphatic carbocycles. The van der Waals surface area contributed by atoms with Crippen LogP contribution in [-0.4, -0.2) is 47.2 Å². The second-order valence-electron chi connectivity index (χ2n) is 7.76. The summed E-state index contributed by atoms with van der Waals surface area (Å²) < 4.78 is 18.8. The van der Waals surface area contributed by atoms with E-state index in [4.69, 9.17) is 4.74 Å². The van der Waals surface area contributed by atoms with E-state index in [0.717, 1.165) is 19.3 Å². The maximum atomic E-state index is 13.6. The molecule has 7 nitrogen and oxygen atoms in total. The first-order chi connectivity index (χ1) is 12.7. The fourth-order valence-electron chi connectivity index (χ4n) is 3.00. The number of urea groups is 1. The van der Waals surface area contributed by atoms with E-state index in [1.807, 2.05) is 20.8 Å². The zero-order chi connectivity index (χ0) is 19.9. The monoisotopic (exact) mass is 380 g/mol. The van der Waals surface area contributed by atoms with E-state index in [-0.39, 0.29) is 18.3 Å². The largest absolute Gasteiger partial charge is 0.444 e. The standard InChI is InChI=1S/C19H29FN4O3/c1-19(2,3)27-18(26)22-10-8-14-6-5-11-24(13-14)17(25)23-12-16-15(20)7-4-9-21-16/h4,7,9,14H,5-6,8,10-13H2,1-3H3,(H,22,26)(H,23,25). The van der Waals surface area contributed by atoms with Crippen molar-refractivity contribution in [1.82, 2.24) is 20.5 Å². The van der Waals surface area contributed by atoms with Crippen molar-refractivity contribution in [3.05, 3.63) is 29.8 Å². The summed E-state index contributed by atoms with van der Waals surface area (Å²) in [6, 6.07) is 2.62. The Hall–Kier alpha value is -2.38. The van der Waals surface area contributed by atoms with Gasteiger partial charge in [0.15, 0.2) is 0 Å².